The molecule has 4 amide bonds. The number of morpholine rings is 1. The van der Waals surface area contributed by atoms with E-state index >= 15 is 0 Å². The molecule has 0 radical (unpaired) electrons. The predicted octanol–water partition coefficient (Wildman–Crippen LogP) is 2.25. The number of pyridine rings is 1. The van der Waals surface area contributed by atoms with Crippen LogP contribution in [0.5, 0.6) is 0 Å². The molecule has 2 saturated heterocycles. The topological polar surface area (TPSA) is 114 Å². The highest BCUT2D eigenvalue weighted by molar-refractivity contribution is 7.21. The van der Waals surface area contributed by atoms with E-state index in [-0.39, 0.29) is 12.5 Å². The number of para-hydroxylation sites is 1. The highest BCUT2D eigenvalue weighted by Crippen LogP contribution is 2.46. The fourth-order valence-electron chi connectivity index (χ4n) is 5.39. The first-order valence-corrected chi connectivity index (χ1v) is 11.6. The number of benzene rings is 1. The lowest BCUT2D eigenvalue weighted by molar-refractivity contribution is -0.153. The Morgan fingerprint density at radius 3 is 2.58 bits per heavy atom. The maximum absolute atomic E-state index is 13.2. The lowest BCUT2D eigenvalue weighted by atomic mass is 9.67. The fourth-order valence-corrected chi connectivity index (χ4v) is 6.33. The van der Waals surface area contributed by atoms with Gasteiger partial charge in [0.15, 0.2) is 5.41 Å². The zero-order valence-corrected chi connectivity index (χ0v) is 18.8. The smallest absolute Gasteiger partial charge is 0.328 e. The molecule has 0 saturated carbocycles. The van der Waals surface area contributed by atoms with E-state index in [1.165, 1.54) is 0 Å². The molecule has 2 N–H and O–H groups in total. The van der Waals surface area contributed by atoms with E-state index in [4.69, 9.17) is 14.7 Å². The zero-order valence-electron chi connectivity index (χ0n) is 18.0. The number of barbiturate groups is 1. The molecule has 33 heavy (non-hydrogen) atoms. The van der Waals surface area contributed by atoms with E-state index in [0.717, 1.165) is 20.9 Å². The van der Waals surface area contributed by atoms with Gasteiger partial charge in [0.1, 0.15) is 5.01 Å². The number of thiazole rings is 1. The average molecular weight is 464 g/mol. The minimum absolute atomic E-state index is 0.0647. The van der Waals surface area contributed by atoms with Gasteiger partial charge in [-0.05, 0) is 38.1 Å². The van der Waals surface area contributed by atoms with Gasteiger partial charge < -0.3 is 9.64 Å². The summed E-state index contributed by atoms with van der Waals surface area (Å²) in [4.78, 5) is 49.9. The summed E-state index contributed by atoms with van der Waals surface area (Å²) >= 11 is 1.54. The Morgan fingerprint density at radius 2 is 1.82 bits per heavy atom. The second-order valence-corrected chi connectivity index (χ2v) is 9.81. The first-order chi connectivity index (χ1) is 15.9. The van der Waals surface area contributed by atoms with Crippen LogP contribution in [-0.2, 0) is 20.7 Å². The van der Waals surface area contributed by atoms with Crippen molar-refractivity contribution in [2.45, 2.75) is 38.5 Å². The van der Waals surface area contributed by atoms with Gasteiger partial charge >= 0.3 is 6.03 Å². The van der Waals surface area contributed by atoms with E-state index in [2.05, 4.69) is 10.6 Å². The molecule has 0 bridgehead atoms. The van der Waals surface area contributed by atoms with Crippen LogP contribution in [0.1, 0.15) is 19.5 Å². The number of carbonyl (C=O) groups excluding carboxylic acids is 3. The van der Waals surface area contributed by atoms with Crippen molar-refractivity contribution < 1.29 is 19.1 Å². The summed E-state index contributed by atoms with van der Waals surface area (Å²) in [7, 11) is 0. The Bertz CT molecular complexity index is 1280. The number of carbonyl (C=O) groups is 3. The Balaban J connectivity index is 1.51. The molecular formula is C23H21N5O4S. The van der Waals surface area contributed by atoms with Crippen LogP contribution < -0.4 is 15.5 Å². The highest BCUT2D eigenvalue weighted by atomic mass is 32.1. The van der Waals surface area contributed by atoms with Crippen molar-refractivity contribution in [2.24, 2.45) is 5.41 Å². The molecule has 5 heterocycles. The first kappa shape index (κ1) is 20.3. The van der Waals surface area contributed by atoms with Gasteiger partial charge in [0.2, 0.25) is 11.8 Å². The number of aromatic nitrogens is 2. The molecule has 3 aliphatic heterocycles. The number of hydrogen-bond donors (Lipinski definition) is 2. The van der Waals surface area contributed by atoms with Crippen molar-refractivity contribution in [3.05, 3.63) is 42.1 Å². The maximum Gasteiger partial charge on any atom is 0.328 e. The van der Waals surface area contributed by atoms with Crippen LogP contribution in [-0.4, -0.2) is 52.6 Å². The SMILES string of the molecule is C[C@@H]1CN2c3ccc(-c4nc5ccccc5s4)nc3CC3(C(=O)NC(=O)NC3=O)[C@H]2[C@H](C)O1. The van der Waals surface area contributed by atoms with E-state index in [1.807, 2.05) is 55.1 Å². The molecular weight excluding hydrogens is 442 g/mol. The van der Waals surface area contributed by atoms with Crippen molar-refractivity contribution in [3.8, 4) is 10.7 Å². The molecule has 3 aromatic rings. The fraction of sp³-hybridized carbons (Fsp3) is 0.348. The van der Waals surface area contributed by atoms with Crippen LogP contribution in [0.2, 0.25) is 0 Å². The number of hydrogen-bond acceptors (Lipinski definition) is 8. The summed E-state index contributed by atoms with van der Waals surface area (Å²) in [5.41, 5.74) is 1.55. The van der Waals surface area contributed by atoms with Crippen LogP contribution in [0.4, 0.5) is 10.5 Å². The number of nitrogens with one attached hydrogen (secondary N) is 2. The van der Waals surface area contributed by atoms with Gasteiger partial charge in [0.25, 0.3) is 0 Å². The summed E-state index contributed by atoms with van der Waals surface area (Å²) in [6, 6.07) is 10.4. The Labute approximate surface area is 193 Å². The Kier molecular flexibility index (Phi) is 4.33. The third-order valence-corrected chi connectivity index (χ3v) is 7.73. The number of anilines is 1. The molecule has 2 fully saturated rings. The van der Waals surface area contributed by atoms with E-state index in [9.17, 15) is 14.4 Å². The first-order valence-electron chi connectivity index (χ1n) is 10.8. The molecule has 3 atom stereocenters. The second-order valence-electron chi connectivity index (χ2n) is 8.78. The van der Waals surface area contributed by atoms with Crippen molar-refractivity contribution in [2.75, 3.05) is 11.4 Å². The molecule has 10 heteroatoms. The van der Waals surface area contributed by atoms with Gasteiger partial charge in [0, 0.05) is 13.0 Å². The zero-order chi connectivity index (χ0) is 22.9. The van der Waals surface area contributed by atoms with Gasteiger partial charge in [-0.3, -0.25) is 20.2 Å². The molecule has 0 unspecified atom stereocenters. The third kappa shape index (κ3) is 2.90. The van der Waals surface area contributed by atoms with Gasteiger partial charge in [-0.15, -0.1) is 11.3 Å². The molecule has 0 aliphatic carbocycles. The largest absolute Gasteiger partial charge is 0.372 e. The molecule has 3 aliphatic rings. The standard InChI is InChI=1S/C23H21N5O4S/c1-11-10-28-16-8-7-14(19-25-13-5-3-4-6-17(13)33-19)24-15(16)9-23(18(28)12(2)32-11)20(29)26-22(31)27-21(23)30/h3-8,11-12,18H,9-10H2,1-2H3,(H2,26,27,29,30,31)/t11-,12+,18-/m1/s1. The number of amides is 4. The van der Waals surface area contributed by atoms with Crippen LogP contribution >= 0.6 is 11.3 Å². The van der Waals surface area contributed by atoms with Crippen molar-refractivity contribution in [1.82, 2.24) is 20.6 Å². The molecule has 2 aromatic heterocycles. The Hall–Kier alpha value is -3.37. The van der Waals surface area contributed by atoms with E-state index in [0.29, 0.717) is 17.9 Å². The van der Waals surface area contributed by atoms with Gasteiger partial charge in [-0.1, -0.05) is 12.1 Å². The maximum atomic E-state index is 13.2. The minimum atomic E-state index is -1.53. The highest BCUT2D eigenvalue weighted by Gasteiger charge is 2.63. The lowest BCUT2D eigenvalue weighted by Crippen LogP contribution is -2.75. The summed E-state index contributed by atoms with van der Waals surface area (Å²) in [5.74, 6) is -1.23. The van der Waals surface area contributed by atoms with Gasteiger partial charge in [-0.25, -0.2) is 14.8 Å². The quantitative estimate of drug-likeness (QED) is 0.532. The van der Waals surface area contributed by atoms with Crippen LogP contribution in [0, 0.1) is 5.41 Å². The number of fused-ring (bicyclic) bond motifs is 5. The normalized spacial score (nSPS) is 26.1. The number of nitrogens with zero attached hydrogens (tertiary/aromatic N) is 3. The molecule has 6 rings (SSSR count). The van der Waals surface area contributed by atoms with Gasteiger partial charge in [0.05, 0.1) is 45.5 Å². The summed E-state index contributed by atoms with van der Waals surface area (Å²) in [6.07, 6.45) is -0.440. The molecule has 9 nitrogen and oxygen atoms in total. The number of imide groups is 2. The Morgan fingerprint density at radius 1 is 1.06 bits per heavy atom. The van der Waals surface area contributed by atoms with Crippen molar-refractivity contribution >= 4 is 45.1 Å². The van der Waals surface area contributed by atoms with Crippen LogP contribution in [0.3, 0.4) is 0 Å². The second kappa shape index (κ2) is 7.06. The summed E-state index contributed by atoms with van der Waals surface area (Å²) in [5, 5.41) is 5.37. The van der Waals surface area contributed by atoms with Crippen LogP contribution in [0.15, 0.2) is 36.4 Å². The van der Waals surface area contributed by atoms with Crippen molar-refractivity contribution in [1.29, 1.82) is 0 Å². The predicted molar refractivity (Wildman–Crippen MR) is 122 cm³/mol. The summed E-state index contributed by atoms with van der Waals surface area (Å²) in [6.45, 7) is 4.32. The molecule has 1 spiro atoms. The number of ether oxygens (including phenoxy) is 1. The van der Waals surface area contributed by atoms with Crippen LogP contribution in [0.25, 0.3) is 20.9 Å². The molecule has 168 valence electrons. The third-order valence-electron chi connectivity index (χ3n) is 6.67. The van der Waals surface area contributed by atoms with Crippen molar-refractivity contribution in [3.63, 3.8) is 0 Å². The average Bonchev–Trinajstić information content (AvgIpc) is 3.21. The molecule has 1 aromatic carbocycles. The van der Waals surface area contributed by atoms with E-state index in [1.54, 1.807) is 11.3 Å². The monoisotopic (exact) mass is 463 g/mol. The minimum Gasteiger partial charge on any atom is -0.372 e. The summed E-state index contributed by atoms with van der Waals surface area (Å²) < 4.78 is 7.09. The lowest BCUT2D eigenvalue weighted by Gasteiger charge is -2.55. The number of urea groups is 1. The number of rotatable bonds is 1. The van der Waals surface area contributed by atoms with E-state index < -0.39 is 35.4 Å². The van der Waals surface area contributed by atoms with Gasteiger partial charge in [-0.2, -0.15) is 0 Å².